The minimum atomic E-state index is -0.469. The number of amides is 3. The van der Waals surface area contributed by atoms with Crippen molar-refractivity contribution in [3.63, 3.8) is 0 Å². The monoisotopic (exact) mass is 374 g/mol. The Balaban J connectivity index is 1.87. The minimum absolute atomic E-state index is 0.00947. The molecule has 0 unspecified atom stereocenters. The molecule has 0 heterocycles. The van der Waals surface area contributed by atoms with Crippen LogP contribution in [0.4, 0.5) is 21.9 Å². The predicted molar refractivity (Wildman–Crippen MR) is 102 cm³/mol. The van der Waals surface area contributed by atoms with Crippen molar-refractivity contribution in [1.82, 2.24) is 5.32 Å². The maximum absolute atomic E-state index is 12.1. The number of anilines is 2. The molecule has 0 radical (unpaired) electrons. The normalized spacial score (nSPS) is 10.0. The fraction of sp³-hybridized carbons (Fsp3) is 0.176. The van der Waals surface area contributed by atoms with Gasteiger partial charge in [0.05, 0.1) is 10.7 Å². The van der Waals surface area contributed by atoms with E-state index in [2.05, 4.69) is 16.0 Å². The number of thioether (sulfide) groups is 1. The van der Waals surface area contributed by atoms with Gasteiger partial charge in [-0.05, 0) is 37.3 Å². The van der Waals surface area contributed by atoms with Gasteiger partial charge >= 0.3 is 6.03 Å². The summed E-state index contributed by atoms with van der Waals surface area (Å²) in [6.45, 7) is 2.33. The molecule has 0 bridgehead atoms. The highest BCUT2D eigenvalue weighted by atomic mass is 32.2. The number of benzene rings is 2. The van der Waals surface area contributed by atoms with Gasteiger partial charge in [-0.25, -0.2) is 4.79 Å². The number of rotatable bonds is 7. The fourth-order valence-electron chi connectivity index (χ4n) is 2.02. The third-order valence-electron chi connectivity index (χ3n) is 3.16. The largest absolute Gasteiger partial charge is 0.338 e. The van der Waals surface area contributed by atoms with Gasteiger partial charge in [0.15, 0.2) is 0 Å². The Hall–Kier alpha value is -3.07. The lowest BCUT2D eigenvalue weighted by Crippen LogP contribution is -2.28. The second-order valence-electron chi connectivity index (χ2n) is 5.15. The average Bonchev–Trinajstić information content (AvgIpc) is 2.61. The smallest absolute Gasteiger partial charge is 0.319 e. The molecule has 2 aromatic carbocycles. The van der Waals surface area contributed by atoms with Gasteiger partial charge in [-0.2, -0.15) is 0 Å². The highest BCUT2D eigenvalue weighted by Gasteiger charge is 2.08. The summed E-state index contributed by atoms with van der Waals surface area (Å²) in [6, 6.07) is 12.5. The lowest BCUT2D eigenvalue weighted by molar-refractivity contribution is -0.384. The van der Waals surface area contributed by atoms with Crippen molar-refractivity contribution in [2.24, 2.45) is 0 Å². The number of urea groups is 1. The summed E-state index contributed by atoms with van der Waals surface area (Å²) in [7, 11) is 0. The maximum Gasteiger partial charge on any atom is 0.319 e. The molecule has 0 fully saturated rings. The highest BCUT2D eigenvalue weighted by Crippen LogP contribution is 2.22. The Morgan fingerprint density at radius 1 is 1.08 bits per heavy atom. The van der Waals surface area contributed by atoms with E-state index in [0.29, 0.717) is 17.9 Å². The van der Waals surface area contributed by atoms with E-state index >= 15 is 0 Å². The molecule has 2 aromatic rings. The molecule has 136 valence electrons. The SMILES string of the molecule is CCNC(=O)Nc1cccc(NC(=O)CSc2ccc([N+](=O)[O-])cc2)c1. The van der Waals surface area contributed by atoms with Crippen LogP contribution in [-0.4, -0.2) is 29.2 Å². The van der Waals surface area contributed by atoms with E-state index in [-0.39, 0.29) is 23.4 Å². The first kappa shape index (κ1) is 19.3. The third kappa shape index (κ3) is 6.10. The molecule has 3 amide bonds. The Bertz CT molecular complexity index is 796. The molecular weight excluding hydrogens is 356 g/mol. The van der Waals surface area contributed by atoms with Crippen molar-refractivity contribution in [1.29, 1.82) is 0 Å². The molecule has 0 spiro atoms. The maximum atomic E-state index is 12.1. The van der Waals surface area contributed by atoms with Crippen LogP contribution in [0, 0.1) is 10.1 Å². The van der Waals surface area contributed by atoms with E-state index in [4.69, 9.17) is 0 Å². The standard InChI is InChI=1S/C17H18N4O4S/c1-2-18-17(23)20-13-5-3-4-12(10-13)19-16(22)11-26-15-8-6-14(7-9-15)21(24)25/h3-10H,2,11H2,1H3,(H,19,22)(H2,18,20,23). The van der Waals surface area contributed by atoms with E-state index in [1.165, 1.54) is 23.9 Å². The van der Waals surface area contributed by atoms with Gasteiger partial charge in [0.2, 0.25) is 5.91 Å². The van der Waals surface area contributed by atoms with E-state index in [9.17, 15) is 19.7 Å². The number of non-ortho nitro benzene ring substituents is 1. The number of hydrogen-bond acceptors (Lipinski definition) is 5. The Morgan fingerprint density at radius 2 is 1.73 bits per heavy atom. The number of carbonyl (C=O) groups excluding carboxylic acids is 2. The second-order valence-corrected chi connectivity index (χ2v) is 6.20. The molecule has 2 rings (SSSR count). The van der Waals surface area contributed by atoms with Crippen LogP contribution in [0.5, 0.6) is 0 Å². The summed E-state index contributed by atoms with van der Waals surface area (Å²) in [5, 5.41) is 18.7. The number of hydrogen-bond donors (Lipinski definition) is 3. The molecular formula is C17H18N4O4S. The van der Waals surface area contributed by atoms with Gasteiger partial charge < -0.3 is 16.0 Å². The number of nitrogens with zero attached hydrogens (tertiary/aromatic N) is 1. The van der Waals surface area contributed by atoms with Crippen molar-refractivity contribution in [3.8, 4) is 0 Å². The lowest BCUT2D eigenvalue weighted by Gasteiger charge is -2.09. The molecule has 0 aliphatic carbocycles. The molecule has 0 aliphatic rings. The van der Waals surface area contributed by atoms with E-state index in [1.54, 1.807) is 36.4 Å². The molecule has 9 heteroatoms. The van der Waals surface area contributed by atoms with Crippen LogP contribution in [0.2, 0.25) is 0 Å². The second kappa shape index (κ2) is 9.42. The van der Waals surface area contributed by atoms with Gasteiger partial charge in [0, 0.05) is 34.9 Å². The molecule has 0 aromatic heterocycles. The first-order chi connectivity index (χ1) is 12.5. The van der Waals surface area contributed by atoms with Crippen LogP contribution >= 0.6 is 11.8 Å². The predicted octanol–water partition coefficient (Wildman–Crippen LogP) is 3.47. The summed E-state index contributed by atoms with van der Waals surface area (Å²) in [5.74, 6) is -0.0605. The van der Waals surface area contributed by atoms with Crippen molar-refractivity contribution < 1.29 is 14.5 Å². The van der Waals surface area contributed by atoms with E-state index < -0.39 is 4.92 Å². The van der Waals surface area contributed by atoms with Crippen molar-refractivity contribution >= 4 is 40.8 Å². The summed E-state index contributed by atoms with van der Waals surface area (Å²) < 4.78 is 0. The first-order valence-electron chi connectivity index (χ1n) is 7.80. The zero-order valence-corrected chi connectivity index (χ0v) is 14.8. The van der Waals surface area contributed by atoms with E-state index in [1.807, 2.05) is 6.92 Å². The summed E-state index contributed by atoms with van der Waals surface area (Å²) in [6.07, 6.45) is 0. The Labute approximate surface area is 154 Å². The van der Waals surface area contributed by atoms with Gasteiger partial charge in [-0.1, -0.05) is 6.07 Å². The zero-order chi connectivity index (χ0) is 18.9. The Kier molecular flexibility index (Phi) is 6.98. The number of nitro groups is 1. The molecule has 0 saturated carbocycles. The van der Waals surface area contributed by atoms with Crippen LogP contribution < -0.4 is 16.0 Å². The van der Waals surface area contributed by atoms with Gasteiger partial charge in [0.25, 0.3) is 5.69 Å². The van der Waals surface area contributed by atoms with Crippen molar-refractivity contribution in [2.75, 3.05) is 22.9 Å². The number of nitro benzene ring substituents is 1. The van der Waals surface area contributed by atoms with Gasteiger partial charge in [-0.3, -0.25) is 14.9 Å². The number of nitrogens with one attached hydrogen (secondary N) is 3. The van der Waals surface area contributed by atoms with Crippen LogP contribution in [0.15, 0.2) is 53.4 Å². The molecule has 0 atom stereocenters. The lowest BCUT2D eigenvalue weighted by atomic mass is 10.3. The Morgan fingerprint density at radius 3 is 2.35 bits per heavy atom. The van der Waals surface area contributed by atoms with Crippen LogP contribution in [0.25, 0.3) is 0 Å². The van der Waals surface area contributed by atoms with Crippen LogP contribution in [0.3, 0.4) is 0 Å². The third-order valence-corrected chi connectivity index (χ3v) is 4.17. The summed E-state index contributed by atoms with van der Waals surface area (Å²) in [4.78, 5) is 34.5. The average molecular weight is 374 g/mol. The van der Waals surface area contributed by atoms with Crippen molar-refractivity contribution in [2.45, 2.75) is 11.8 Å². The summed E-state index contributed by atoms with van der Waals surface area (Å²) >= 11 is 1.28. The zero-order valence-electron chi connectivity index (χ0n) is 14.0. The molecule has 0 aliphatic heterocycles. The minimum Gasteiger partial charge on any atom is -0.338 e. The molecule has 0 saturated heterocycles. The topological polar surface area (TPSA) is 113 Å². The number of carbonyl (C=O) groups is 2. The van der Waals surface area contributed by atoms with E-state index in [0.717, 1.165) is 4.90 Å². The molecule has 3 N–H and O–H groups in total. The van der Waals surface area contributed by atoms with Crippen molar-refractivity contribution in [3.05, 3.63) is 58.6 Å². The van der Waals surface area contributed by atoms with Gasteiger partial charge in [0.1, 0.15) is 0 Å². The van der Waals surface area contributed by atoms with Gasteiger partial charge in [-0.15, -0.1) is 11.8 Å². The quantitative estimate of drug-likeness (QED) is 0.390. The molecule has 26 heavy (non-hydrogen) atoms. The first-order valence-corrected chi connectivity index (χ1v) is 8.78. The fourth-order valence-corrected chi connectivity index (χ4v) is 2.72. The highest BCUT2D eigenvalue weighted by molar-refractivity contribution is 8.00. The molecule has 8 nitrogen and oxygen atoms in total. The van der Waals surface area contributed by atoms with Crippen LogP contribution in [0.1, 0.15) is 6.92 Å². The summed E-state index contributed by atoms with van der Waals surface area (Å²) in [5.41, 5.74) is 1.14. The van der Waals surface area contributed by atoms with Crippen LogP contribution in [-0.2, 0) is 4.79 Å².